The molecule has 1 heterocycles. The van der Waals surface area contributed by atoms with Crippen molar-refractivity contribution in [1.29, 1.82) is 0 Å². The number of carboxylic acids is 1. The SMILES string of the molecule is Cl.O=C(O)[C@H]1CCNC1. The molecule has 0 bridgehead atoms. The van der Waals surface area contributed by atoms with E-state index in [1.807, 2.05) is 0 Å². The molecule has 1 saturated heterocycles. The summed E-state index contributed by atoms with van der Waals surface area (Å²) in [6.45, 7) is 1.51. The lowest BCUT2D eigenvalue weighted by atomic mass is 10.1. The van der Waals surface area contributed by atoms with Crippen molar-refractivity contribution in [2.75, 3.05) is 13.1 Å². The van der Waals surface area contributed by atoms with E-state index in [1.165, 1.54) is 0 Å². The highest BCUT2D eigenvalue weighted by molar-refractivity contribution is 5.85. The van der Waals surface area contributed by atoms with Crippen LogP contribution in [-0.2, 0) is 4.79 Å². The molecule has 3 nitrogen and oxygen atoms in total. The highest BCUT2D eigenvalue weighted by atomic mass is 35.5. The Morgan fingerprint density at radius 1 is 1.67 bits per heavy atom. The molecule has 0 radical (unpaired) electrons. The Bertz CT molecular complexity index is 101. The summed E-state index contributed by atoms with van der Waals surface area (Å²) in [6.07, 6.45) is 0.787. The van der Waals surface area contributed by atoms with Crippen molar-refractivity contribution in [3.63, 3.8) is 0 Å². The molecule has 1 aliphatic heterocycles. The second-order valence-electron chi connectivity index (χ2n) is 2.03. The first-order valence-corrected chi connectivity index (χ1v) is 2.74. The Morgan fingerprint density at radius 2 is 2.33 bits per heavy atom. The summed E-state index contributed by atoms with van der Waals surface area (Å²) in [5.74, 6) is -0.801. The van der Waals surface area contributed by atoms with Crippen molar-refractivity contribution in [3.8, 4) is 0 Å². The van der Waals surface area contributed by atoms with E-state index in [-0.39, 0.29) is 18.3 Å². The summed E-state index contributed by atoms with van der Waals surface area (Å²) in [5.41, 5.74) is 0. The Kier molecular flexibility index (Phi) is 3.58. The van der Waals surface area contributed by atoms with Gasteiger partial charge in [0.25, 0.3) is 0 Å². The molecule has 0 aromatic heterocycles. The number of rotatable bonds is 1. The van der Waals surface area contributed by atoms with Crippen LogP contribution < -0.4 is 5.32 Å². The van der Waals surface area contributed by atoms with E-state index < -0.39 is 5.97 Å². The maximum atomic E-state index is 10.2. The smallest absolute Gasteiger partial charge is 0.307 e. The van der Waals surface area contributed by atoms with Crippen molar-refractivity contribution in [1.82, 2.24) is 5.32 Å². The van der Waals surface area contributed by atoms with Gasteiger partial charge in [-0.1, -0.05) is 0 Å². The Balaban J connectivity index is 0.000000640. The van der Waals surface area contributed by atoms with E-state index in [0.29, 0.717) is 6.54 Å². The lowest BCUT2D eigenvalue weighted by Crippen LogP contribution is -2.16. The Morgan fingerprint density at radius 3 is 2.56 bits per heavy atom. The highest BCUT2D eigenvalue weighted by Crippen LogP contribution is 2.05. The highest BCUT2D eigenvalue weighted by Gasteiger charge is 2.20. The molecule has 1 aliphatic rings. The lowest BCUT2D eigenvalue weighted by Gasteiger charge is -1.96. The predicted molar refractivity (Wildman–Crippen MR) is 35.9 cm³/mol. The molecule has 2 N–H and O–H groups in total. The van der Waals surface area contributed by atoms with Gasteiger partial charge in [-0.05, 0) is 13.0 Å². The van der Waals surface area contributed by atoms with Crippen LogP contribution in [-0.4, -0.2) is 24.2 Å². The zero-order valence-corrected chi connectivity index (χ0v) is 5.78. The van der Waals surface area contributed by atoms with E-state index in [0.717, 1.165) is 13.0 Å². The first kappa shape index (κ1) is 8.72. The fourth-order valence-corrected chi connectivity index (χ4v) is 0.865. The second-order valence-corrected chi connectivity index (χ2v) is 2.03. The van der Waals surface area contributed by atoms with Crippen LogP contribution in [0.1, 0.15) is 6.42 Å². The molecule has 4 heteroatoms. The summed E-state index contributed by atoms with van der Waals surface area (Å²) in [5, 5.41) is 11.3. The monoisotopic (exact) mass is 151 g/mol. The fraction of sp³-hybridized carbons (Fsp3) is 0.800. The molecule has 0 aromatic rings. The molecule has 1 atom stereocenters. The van der Waals surface area contributed by atoms with Gasteiger partial charge >= 0.3 is 5.97 Å². The van der Waals surface area contributed by atoms with Crippen molar-refractivity contribution in [2.45, 2.75) is 6.42 Å². The molecule has 1 fully saturated rings. The maximum Gasteiger partial charge on any atom is 0.307 e. The minimum Gasteiger partial charge on any atom is -0.481 e. The van der Waals surface area contributed by atoms with Crippen molar-refractivity contribution < 1.29 is 9.90 Å². The topological polar surface area (TPSA) is 49.3 Å². The number of halogens is 1. The molecule has 9 heavy (non-hydrogen) atoms. The zero-order valence-electron chi connectivity index (χ0n) is 4.96. The molecule has 0 amide bonds. The van der Waals surface area contributed by atoms with Gasteiger partial charge in [-0.2, -0.15) is 0 Å². The summed E-state index contributed by atoms with van der Waals surface area (Å²) < 4.78 is 0. The van der Waals surface area contributed by atoms with Crippen LogP contribution in [0.3, 0.4) is 0 Å². The first-order chi connectivity index (χ1) is 3.80. The molecule has 0 saturated carbocycles. The van der Waals surface area contributed by atoms with Gasteiger partial charge in [-0.25, -0.2) is 0 Å². The molecule has 0 aromatic carbocycles. The largest absolute Gasteiger partial charge is 0.481 e. The van der Waals surface area contributed by atoms with Gasteiger partial charge in [0, 0.05) is 6.54 Å². The third kappa shape index (κ3) is 2.20. The van der Waals surface area contributed by atoms with E-state index in [4.69, 9.17) is 5.11 Å². The predicted octanol–water partition coefficient (Wildman–Crippen LogP) is 0.102. The van der Waals surface area contributed by atoms with E-state index in [1.54, 1.807) is 0 Å². The van der Waals surface area contributed by atoms with E-state index in [9.17, 15) is 4.79 Å². The standard InChI is InChI=1S/C5H9NO2.ClH/c7-5(8)4-1-2-6-3-4;/h4,6H,1-3H2,(H,7,8);1H/t4-;/m0./s1. The fourth-order valence-electron chi connectivity index (χ4n) is 0.865. The van der Waals surface area contributed by atoms with Crippen LogP contribution >= 0.6 is 12.4 Å². The second kappa shape index (κ2) is 3.69. The van der Waals surface area contributed by atoms with Gasteiger partial charge < -0.3 is 10.4 Å². The normalized spacial score (nSPS) is 25.1. The van der Waals surface area contributed by atoms with Crippen LogP contribution in [0.4, 0.5) is 0 Å². The number of hydrogen-bond acceptors (Lipinski definition) is 2. The van der Waals surface area contributed by atoms with Crippen LogP contribution in [0.25, 0.3) is 0 Å². The lowest BCUT2D eigenvalue weighted by molar-refractivity contribution is -0.140. The first-order valence-electron chi connectivity index (χ1n) is 2.74. The minimum atomic E-state index is -0.671. The minimum absolute atomic E-state index is 0. The average molecular weight is 152 g/mol. The maximum absolute atomic E-state index is 10.2. The number of carbonyl (C=O) groups is 1. The van der Waals surface area contributed by atoms with Crippen LogP contribution in [0.2, 0.25) is 0 Å². The zero-order chi connectivity index (χ0) is 5.98. The summed E-state index contributed by atoms with van der Waals surface area (Å²) in [7, 11) is 0. The Labute approximate surface area is 59.9 Å². The van der Waals surface area contributed by atoms with Crippen molar-refractivity contribution >= 4 is 18.4 Å². The van der Waals surface area contributed by atoms with Crippen molar-refractivity contribution in [2.24, 2.45) is 5.92 Å². The van der Waals surface area contributed by atoms with Crippen LogP contribution in [0, 0.1) is 5.92 Å². The van der Waals surface area contributed by atoms with Gasteiger partial charge in [0.15, 0.2) is 0 Å². The van der Waals surface area contributed by atoms with Gasteiger partial charge in [0.1, 0.15) is 0 Å². The third-order valence-electron chi connectivity index (χ3n) is 1.41. The molecule has 1 rings (SSSR count). The third-order valence-corrected chi connectivity index (χ3v) is 1.41. The molecule has 0 spiro atoms. The van der Waals surface area contributed by atoms with Gasteiger partial charge in [-0.3, -0.25) is 4.79 Å². The van der Waals surface area contributed by atoms with Crippen molar-refractivity contribution in [3.05, 3.63) is 0 Å². The molecular weight excluding hydrogens is 142 g/mol. The number of aliphatic carboxylic acids is 1. The van der Waals surface area contributed by atoms with Crippen LogP contribution in [0.5, 0.6) is 0 Å². The number of nitrogens with one attached hydrogen (secondary N) is 1. The molecular formula is C5H10ClNO2. The average Bonchev–Trinajstić information content (AvgIpc) is 2.12. The van der Waals surface area contributed by atoms with Crippen LogP contribution in [0.15, 0.2) is 0 Å². The van der Waals surface area contributed by atoms with E-state index >= 15 is 0 Å². The molecule has 54 valence electrons. The summed E-state index contributed by atoms with van der Waals surface area (Å²) in [6, 6.07) is 0. The molecule has 0 unspecified atom stereocenters. The number of carboxylic acid groups (broad SMARTS) is 1. The van der Waals surface area contributed by atoms with E-state index in [2.05, 4.69) is 5.32 Å². The van der Waals surface area contributed by atoms with Gasteiger partial charge in [0.2, 0.25) is 0 Å². The van der Waals surface area contributed by atoms with Gasteiger partial charge in [0.05, 0.1) is 5.92 Å². The molecule has 0 aliphatic carbocycles. The quantitative estimate of drug-likeness (QED) is 0.559. The Hall–Kier alpha value is -0.280. The summed E-state index contributed by atoms with van der Waals surface area (Å²) in [4.78, 5) is 10.2. The number of hydrogen-bond donors (Lipinski definition) is 2. The summed E-state index contributed by atoms with van der Waals surface area (Å²) >= 11 is 0. The van der Waals surface area contributed by atoms with Gasteiger partial charge in [-0.15, -0.1) is 12.4 Å².